The van der Waals surface area contributed by atoms with E-state index in [0.29, 0.717) is 18.2 Å². The van der Waals surface area contributed by atoms with Crippen LogP contribution in [0.25, 0.3) is 0 Å². The van der Waals surface area contributed by atoms with E-state index >= 15 is 0 Å². The molecule has 0 spiro atoms. The molecule has 1 aromatic carbocycles. The van der Waals surface area contributed by atoms with Crippen molar-refractivity contribution in [1.82, 2.24) is 15.5 Å². The third-order valence-corrected chi connectivity index (χ3v) is 5.98. The van der Waals surface area contributed by atoms with Crippen LogP contribution in [-0.4, -0.2) is 35.0 Å². The second-order valence-electron chi connectivity index (χ2n) is 5.96. The highest BCUT2D eigenvalue weighted by Crippen LogP contribution is 2.29. The van der Waals surface area contributed by atoms with E-state index in [0.717, 1.165) is 27.8 Å². The van der Waals surface area contributed by atoms with E-state index in [1.54, 1.807) is 13.4 Å². The summed E-state index contributed by atoms with van der Waals surface area (Å²) in [5.41, 5.74) is 1.15. The molecule has 2 aromatic heterocycles. The van der Waals surface area contributed by atoms with Gasteiger partial charge < -0.3 is 19.8 Å². The van der Waals surface area contributed by atoms with Crippen LogP contribution in [0.3, 0.4) is 0 Å². The predicted molar refractivity (Wildman–Crippen MR) is 111 cm³/mol. The summed E-state index contributed by atoms with van der Waals surface area (Å²) in [6.45, 7) is 3.00. The molecule has 0 fully saturated rings. The van der Waals surface area contributed by atoms with Gasteiger partial charge in [-0.05, 0) is 43.2 Å². The normalized spacial score (nSPS) is 11.8. The third-order valence-electron chi connectivity index (χ3n) is 3.92. The summed E-state index contributed by atoms with van der Waals surface area (Å²) in [6.07, 6.45) is 2.40. The minimum absolute atomic E-state index is 0.0150. The maximum atomic E-state index is 12.3. The fourth-order valence-electron chi connectivity index (χ4n) is 2.38. The van der Waals surface area contributed by atoms with Gasteiger partial charge in [0, 0.05) is 6.54 Å². The van der Waals surface area contributed by atoms with Gasteiger partial charge in [-0.25, -0.2) is 0 Å². The van der Waals surface area contributed by atoms with Gasteiger partial charge in [-0.3, -0.25) is 4.79 Å². The molecule has 0 aliphatic carbocycles. The zero-order valence-electron chi connectivity index (χ0n) is 15.7. The molecule has 7 nitrogen and oxygen atoms in total. The van der Waals surface area contributed by atoms with E-state index in [9.17, 15) is 4.79 Å². The van der Waals surface area contributed by atoms with Crippen LogP contribution in [0.15, 0.2) is 51.4 Å². The Bertz CT molecular complexity index is 866. The first-order chi connectivity index (χ1) is 13.6. The van der Waals surface area contributed by atoms with Crippen LogP contribution >= 0.6 is 23.1 Å². The molecule has 0 unspecified atom stereocenters. The predicted octanol–water partition coefficient (Wildman–Crippen LogP) is 3.59. The Hall–Kier alpha value is -2.52. The highest BCUT2D eigenvalue weighted by Gasteiger charge is 2.17. The molecule has 0 saturated heterocycles. The number of carbonyl (C=O) groups excluding carboxylic acids is 1. The molecule has 3 aromatic rings. The van der Waals surface area contributed by atoms with Crippen LogP contribution in [0.1, 0.15) is 18.2 Å². The van der Waals surface area contributed by atoms with Gasteiger partial charge in [-0.1, -0.05) is 35.2 Å². The quantitative estimate of drug-likeness (QED) is 0.486. The standard InChI is InChI=1S/C19H22N4O3S2/c1-13(17(24)20-10-9-14-5-7-15(25-2)8-6-14)27-19-23-22-18(28-19)21-12-16-4-3-11-26-16/h3-8,11,13H,9-10,12H2,1-2H3,(H,20,24)(H,21,22)/t13-/m1/s1. The number of nitrogens with zero attached hydrogens (tertiary/aromatic N) is 2. The molecule has 148 valence electrons. The maximum absolute atomic E-state index is 12.3. The minimum Gasteiger partial charge on any atom is -0.497 e. The van der Waals surface area contributed by atoms with E-state index in [1.165, 1.54) is 23.1 Å². The second kappa shape index (κ2) is 10.1. The summed E-state index contributed by atoms with van der Waals surface area (Å²) in [7, 11) is 1.64. The number of furan rings is 1. The van der Waals surface area contributed by atoms with Crippen molar-refractivity contribution in [2.24, 2.45) is 0 Å². The highest BCUT2D eigenvalue weighted by molar-refractivity contribution is 8.02. The number of aromatic nitrogens is 2. The molecule has 0 radical (unpaired) electrons. The Morgan fingerprint density at radius 3 is 2.82 bits per heavy atom. The molecular weight excluding hydrogens is 396 g/mol. The number of nitrogens with one attached hydrogen (secondary N) is 2. The molecule has 0 aliphatic heterocycles. The van der Waals surface area contributed by atoms with E-state index in [-0.39, 0.29) is 11.2 Å². The Balaban J connectivity index is 1.39. The maximum Gasteiger partial charge on any atom is 0.233 e. The summed E-state index contributed by atoms with van der Waals surface area (Å²) in [5.74, 6) is 1.64. The van der Waals surface area contributed by atoms with Crippen molar-refractivity contribution in [3.63, 3.8) is 0 Å². The second-order valence-corrected chi connectivity index (χ2v) is 8.52. The van der Waals surface area contributed by atoms with Crippen LogP contribution in [0, 0.1) is 0 Å². The fourth-order valence-corrected chi connectivity index (χ4v) is 4.29. The average Bonchev–Trinajstić information content (AvgIpc) is 3.38. The van der Waals surface area contributed by atoms with Crippen molar-refractivity contribution in [3.8, 4) is 5.75 Å². The largest absolute Gasteiger partial charge is 0.497 e. The van der Waals surface area contributed by atoms with E-state index in [1.807, 2.05) is 43.3 Å². The lowest BCUT2D eigenvalue weighted by molar-refractivity contribution is -0.120. The van der Waals surface area contributed by atoms with Crippen molar-refractivity contribution in [2.45, 2.75) is 29.5 Å². The minimum atomic E-state index is -0.248. The number of hydrogen-bond donors (Lipinski definition) is 2. The number of thioether (sulfide) groups is 1. The number of amides is 1. The number of methoxy groups -OCH3 is 1. The van der Waals surface area contributed by atoms with Crippen LogP contribution in [0.4, 0.5) is 5.13 Å². The summed E-state index contributed by atoms with van der Waals surface area (Å²) in [4.78, 5) is 12.3. The summed E-state index contributed by atoms with van der Waals surface area (Å²) in [6, 6.07) is 11.6. The monoisotopic (exact) mass is 418 g/mol. The van der Waals surface area contributed by atoms with E-state index < -0.39 is 0 Å². The first-order valence-corrected chi connectivity index (χ1v) is 10.5. The lowest BCUT2D eigenvalue weighted by atomic mass is 10.1. The lowest BCUT2D eigenvalue weighted by Gasteiger charge is -2.10. The molecule has 3 rings (SSSR count). The Morgan fingerprint density at radius 2 is 2.11 bits per heavy atom. The molecule has 28 heavy (non-hydrogen) atoms. The van der Waals surface area contributed by atoms with Gasteiger partial charge in [0.25, 0.3) is 0 Å². The number of rotatable bonds is 10. The van der Waals surface area contributed by atoms with Gasteiger partial charge in [0.1, 0.15) is 11.5 Å². The number of benzene rings is 1. The molecule has 2 heterocycles. The Morgan fingerprint density at radius 1 is 1.29 bits per heavy atom. The number of anilines is 1. The molecule has 1 atom stereocenters. The smallest absolute Gasteiger partial charge is 0.233 e. The molecule has 0 bridgehead atoms. The highest BCUT2D eigenvalue weighted by atomic mass is 32.2. The summed E-state index contributed by atoms with van der Waals surface area (Å²) in [5, 5.41) is 14.8. The number of hydrogen-bond acceptors (Lipinski definition) is 8. The summed E-state index contributed by atoms with van der Waals surface area (Å²) < 4.78 is 11.2. The van der Waals surface area contributed by atoms with Crippen molar-refractivity contribution in [2.75, 3.05) is 19.0 Å². The van der Waals surface area contributed by atoms with Crippen molar-refractivity contribution in [1.29, 1.82) is 0 Å². The van der Waals surface area contributed by atoms with E-state index in [2.05, 4.69) is 20.8 Å². The van der Waals surface area contributed by atoms with Crippen molar-refractivity contribution >= 4 is 34.1 Å². The molecule has 0 saturated carbocycles. The summed E-state index contributed by atoms with van der Waals surface area (Å²) >= 11 is 2.82. The van der Waals surface area contributed by atoms with Crippen LogP contribution in [0.5, 0.6) is 5.75 Å². The van der Waals surface area contributed by atoms with Crippen LogP contribution in [-0.2, 0) is 17.8 Å². The van der Waals surface area contributed by atoms with Gasteiger partial charge in [-0.2, -0.15) is 0 Å². The van der Waals surface area contributed by atoms with Gasteiger partial charge >= 0.3 is 0 Å². The van der Waals surface area contributed by atoms with Gasteiger partial charge in [-0.15, -0.1) is 10.2 Å². The van der Waals surface area contributed by atoms with Crippen LogP contribution in [0.2, 0.25) is 0 Å². The van der Waals surface area contributed by atoms with Crippen molar-refractivity contribution in [3.05, 3.63) is 54.0 Å². The van der Waals surface area contributed by atoms with Gasteiger partial charge in [0.2, 0.25) is 11.0 Å². The fraction of sp³-hybridized carbons (Fsp3) is 0.316. The average molecular weight is 419 g/mol. The SMILES string of the molecule is COc1ccc(CCNC(=O)[C@@H](C)Sc2nnc(NCc3ccco3)s2)cc1. The Kier molecular flexibility index (Phi) is 7.32. The zero-order valence-corrected chi connectivity index (χ0v) is 17.3. The molecule has 1 amide bonds. The zero-order chi connectivity index (χ0) is 19.8. The lowest BCUT2D eigenvalue weighted by Crippen LogP contribution is -2.32. The first-order valence-electron chi connectivity index (χ1n) is 8.81. The van der Waals surface area contributed by atoms with Crippen LogP contribution < -0.4 is 15.4 Å². The topological polar surface area (TPSA) is 89.3 Å². The van der Waals surface area contributed by atoms with Crippen molar-refractivity contribution < 1.29 is 13.9 Å². The van der Waals surface area contributed by atoms with Gasteiger partial charge in [0.15, 0.2) is 4.34 Å². The first kappa shape index (κ1) is 20.2. The number of carbonyl (C=O) groups is 1. The van der Waals surface area contributed by atoms with Gasteiger partial charge in [0.05, 0.1) is 25.2 Å². The Labute approximate surface area is 171 Å². The number of ether oxygens (including phenoxy) is 1. The molecule has 9 heteroatoms. The van der Waals surface area contributed by atoms with E-state index in [4.69, 9.17) is 9.15 Å². The molecule has 2 N–H and O–H groups in total. The molecular formula is C19H22N4O3S2. The third kappa shape index (κ3) is 6.00. The molecule has 0 aliphatic rings.